The molecule has 0 spiro atoms. The molecule has 0 amide bonds. The number of aryl methyl sites for hydroxylation is 1. The third kappa shape index (κ3) is 7.31. The Morgan fingerprint density at radius 2 is 2.08 bits per heavy atom. The van der Waals surface area contributed by atoms with Crippen LogP contribution in [0.25, 0.3) is 11.5 Å². The molecule has 1 aromatic carbocycles. The number of aliphatic imine (C=N–C) groups is 1. The molecular weight excluding hydrogens is 441 g/mol. The van der Waals surface area contributed by atoms with Gasteiger partial charge in [0.25, 0.3) is 5.89 Å². The summed E-state index contributed by atoms with van der Waals surface area (Å²) in [5.74, 6) is 2.82. The van der Waals surface area contributed by atoms with E-state index in [1.165, 1.54) is 0 Å². The van der Waals surface area contributed by atoms with Gasteiger partial charge in [0.15, 0.2) is 11.8 Å². The first kappa shape index (κ1) is 22.4. The molecule has 0 unspecified atom stereocenters. The minimum Gasteiger partial charge on any atom is -0.356 e. The molecule has 2 N–H and O–H groups in total. The average Bonchev–Trinajstić information content (AvgIpc) is 3.07. The summed E-state index contributed by atoms with van der Waals surface area (Å²) in [5, 5.41) is 10.7. The maximum Gasteiger partial charge on any atom is 0.257 e. The summed E-state index contributed by atoms with van der Waals surface area (Å²) < 4.78 is 5.36. The second-order valence-corrected chi connectivity index (χ2v) is 6.50. The first-order chi connectivity index (χ1) is 12.1. The summed E-state index contributed by atoms with van der Waals surface area (Å²) >= 11 is 0. The van der Waals surface area contributed by atoms with Crippen molar-refractivity contribution in [2.75, 3.05) is 13.6 Å². The monoisotopic (exact) mass is 471 g/mol. The zero-order valence-corrected chi connectivity index (χ0v) is 18.4. The van der Waals surface area contributed by atoms with E-state index in [0.717, 1.165) is 48.7 Å². The van der Waals surface area contributed by atoms with Gasteiger partial charge >= 0.3 is 0 Å². The van der Waals surface area contributed by atoms with Gasteiger partial charge in [-0.1, -0.05) is 38.1 Å². The zero-order valence-electron chi connectivity index (χ0n) is 16.1. The fourth-order valence-electron chi connectivity index (χ4n) is 2.40. The third-order valence-electron chi connectivity index (χ3n) is 3.81. The Bertz CT molecular complexity index is 684. The molecule has 0 aliphatic heterocycles. The number of nitrogens with zero attached hydrogens (tertiary/aromatic N) is 3. The van der Waals surface area contributed by atoms with Crippen LogP contribution in [-0.2, 0) is 13.0 Å². The van der Waals surface area contributed by atoms with Crippen LogP contribution in [0.2, 0.25) is 0 Å². The quantitative estimate of drug-likeness (QED) is 0.346. The highest BCUT2D eigenvalue weighted by Gasteiger charge is 2.09. The molecule has 1 aromatic heterocycles. The van der Waals surface area contributed by atoms with Crippen molar-refractivity contribution in [1.82, 2.24) is 20.8 Å². The molecule has 0 aliphatic rings. The Morgan fingerprint density at radius 1 is 1.27 bits per heavy atom. The second-order valence-electron chi connectivity index (χ2n) is 6.50. The SMILES string of the molecule is CCCc1noc(-c2cccc(CNC(=NC)NCCC(C)C)c2)n1.I. The van der Waals surface area contributed by atoms with E-state index in [4.69, 9.17) is 4.52 Å². The molecule has 7 heteroatoms. The van der Waals surface area contributed by atoms with Crippen molar-refractivity contribution in [3.8, 4) is 11.5 Å². The predicted octanol–water partition coefficient (Wildman–Crippen LogP) is 4.02. The summed E-state index contributed by atoms with van der Waals surface area (Å²) in [5.41, 5.74) is 2.08. The van der Waals surface area contributed by atoms with Gasteiger partial charge in [-0.05, 0) is 36.5 Å². The molecule has 0 atom stereocenters. The minimum absolute atomic E-state index is 0. The van der Waals surface area contributed by atoms with Gasteiger partial charge in [-0.15, -0.1) is 24.0 Å². The third-order valence-corrected chi connectivity index (χ3v) is 3.81. The van der Waals surface area contributed by atoms with E-state index in [0.29, 0.717) is 18.4 Å². The molecule has 2 aromatic rings. The first-order valence-electron chi connectivity index (χ1n) is 8.98. The van der Waals surface area contributed by atoms with Gasteiger partial charge in [-0.25, -0.2) is 0 Å². The Hall–Kier alpha value is -1.64. The van der Waals surface area contributed by atoms with E-state index >= 15 is 0 Å². The summed E-state index contributed by atoms with van der Waals surface area (Å²) in [6, 6.07) is 8.13. The highest BCUT2D eigenvalue weighted by molar-refractivity contribution is 14.0. The fraction of sp³-hybridized carbons (Fsp3) is 0.526. The number of benzene rings is 1. The number of hydrogen-bond acceptors (Lipinski definition) is 4. The largest absolute Gasteiger partial charge is 0.356 e. The van der Waals surface area contributed by atoms with Crippen molar-refractivity contribution in [2.24, 2.45) is 10.9 Å². The number of nitrogens with one attached hydrogen (secondary N) is 2. The minimum atomic E-state index is 0. The van der Waals surface area contributed by atoms with Crippen molar-refractivity contribution < 1.29 is 4.52 Å². The lowest BCUT2D eigenvalue weighted by Crippen LogP contribution is -2.37. The van der Waals surface area contributed by atoms with Crippen molar-refractivity contribution in [3.05, 3.63) is 35.7 Å². The smallest absolute Gasteiger partial charge is 0.257 e. The number of rotatable bonds is 8. The van der Waals surface area contributed by atoms with Crippen LogP contribution in [0.3, 0.4) is 0 Å². The zero-order chi connectivity index (χ0) is 18.1. The van der Waals surface area contributed by atoms with Crippen molar-refractivity contribution in [3.63, 3.8) is 0 Å². The van der Waals surface area contributed by atoms with E-state index in [1.807, 2.05) is 12.1 Å². The van der Waals surface area contributed by atoms with Crippen LogP contribution in [0.5, 0.6) is 0 Å². The fourth-order valence-corrected chi connectivity index (χ4v) is 2.40. The predicted molar refractivity (Wildman–Crippen MR) is 117 cm³/mol. The van der Waals surface area contributed by atoms with Gasteiger partial charge in [-0.3, -0.25) is 4.99 Å². The van der Waals surface area contributed by atoms with Crippen molar-refractivity contribution in [1.29, 1.82) is 0 Å². The van der Waals surface area contributed by atoms with Gasteiger partial charge in [0.1, 0.15) is 0 Å². The van der Waals surface area contributed by atoms with Crippen LogP contribution in [0.15, 0.2) is 33.8 Å². The first-order valence-corrected chi connectivity index (χ1v) is 8.98. The van der Waals surface area contributed by atoms with Gasteiger partial charge in [0, 0.05) is 32.1 Å². The van der Waals surface area contributed by atoms with Gasteiger partial charge in [0.05, 0.1) is 0 Å². The topological polar surface area (TPSA) is 75.3 Å². The molecule has 144 valence electrons. The highest BCUT2D eigenvalue weighted by atomic mass is 127. The summed E-state index contributed by atoms with van der Waals surface area (Å²) in [6.07, 6.45) is 2.96. The Balaban J connectivity index is 0.00000338. The molecule has 6 nitrogen and oxygen atoms in total. The standard InChI is InChI=1S/C19H29N5O.HI/c1-5-7-17-23-18(25-24-17)16-9-6-8-15(12-16)13-22-19(20-4)21-11-10-14(2)3;/h6,8-9,12,14H,5,7,10-11,13H2,1-4H3,(H2,20,21,22);1H. The van der Waals surface area contributed by atoms with E-state index in [9.17, 15) is 0 Å². The van der Waals surface area contributed by atoms with E-state index in [1.54, 1.807) is 7.05 Å². The van der Waals surface area contributed by atoms with Crippen LogP contribution in [-0.4, -0.2) is 29.7 Å². The number of hydrogen-bond donors (Lipinski definition) is 2. The number of aromatic nitrogens is 2. The molecule has 0 fully saturated rings. The van der Waals surface area contributed by atoms with Crippen LogP contribution >= 0.6 is 24.0 Å². The van der Waals surface area contributed by atoms with Crippen molar-refractivity contribution in [2.45, 2.75) is 46.6 Å². The summed E-state index contributed by atoms with van der Waals surface area (Å²) in [7, 11) is 1.79. The van der Waals surface area contributed by atoms with Crippen LogP contribution in [0, 0.1) is 5.92 Å². The van der Waals surface area contributed by atoms with Crippen molar-refractivity contribution >= 4 is 29.9 Å². The van der Waals surface area contributed by atoms with E-state index < -0.39 is 0 Å². The van der Waals surface area contributed by atoms with Crippen LogP contribution < -0.4 is 10.6 Å². The van der Waals surface area contributed by atoms with E-state index in [2.05, 4.69) is 58.7 Å². The second kappa shape index (κ2) is 11.9. The maximum absolute atomic E-state index is 5.36. The lowest BCUT2D eigenvalue weighted by Gasteiger charge is -2.13. The average molecular weight is 471 g/mol. The maximum atomic E-state index is 5.36. The van der Waals surface area contributed by atoms with Gasteiger partial charge < -0.3 is 15.2 Å². The summed E-state index contributed by atoms with van der Waals surface area (Å²) in [4.78, 5) is 8.70. The lowest BCUT2D eigenvalue weighted by molar-refractivity contribution is 0.422. The molecule has 0 saturated carbocycles. The van der Waals surface area contributed by atoms with Gasteiger partial charge in [-0.2, -0.15) is 4.98 Å². The Labute approximate surface area is 173 Å². The molecule has 0 aliphatic carbocycles. The number of guanidine groups is 1. The number of halogens is 1. The van der Waals surface area contributed by atoms with Crippen LogP contribution in [0.4, 0.5) is 0 Å². The van der Waals surface area contributed by atoms with Crippen LogP contribution in [0.1, 0.15) is 45.0 Å². The Kier molecular flexibility index (Phi) is 10.2. The molecule has 0 saturated heterocycles. The molecule has 1 heterocycles. The molecule has 2 rings (SSSR count). The molecular formula is C19H30IN5O. The Morgan fingerprint density at radius 3 is 2.77 bits per heavy atom. The normalized spacial score (nSPS) is 11.3. The molecule has 26 heavy (non-hydrogen) atoms. The molecule has 0 radical (unpaired) electrons. The lowest BCUT2D eigenvalue weighted by atomic mass is 10.1. The molecule has 0 bridgehead atoms. The van der Waals surface area contributed by atoms with Gasteiger partial charge in [0.2, 0.25) is 0 Å². The highest BCUT2D eigenvalue weighted by Crippen LogP contribution is 2.19. The summed E-state index contributed by atoms with van der Waals surface area (Å²) in [6.45, 7) is 8.13. The van der Waals surface area contributed by atoms with E-state index in [-0.39, 0.29) is 24.0 Å².